The maximum absolute atomic E-state index is 5.67. The summed E-state index contributed by atoms with van der Waals surface area (Å²) in [5, 5.41) is 0. The van der Waals surface area contributed by atoms with Crippen molar-refractivity contribution in [3.05, 3.63) is 41.0 Å². The summed E-state index contributed by atoms with van der Waals surface area (Å²) in [4.78, 5) is 0. The van der Waals surface area contributed by atoms with Crippen LogP contribution < -0.4 is 4.74 Å². The standard InChI is InChI=1S/C17H24O2/c1-12(2)13(3)17(4,5)14-6-8-15(9-7-14)18-10-16-11-19-16/h6-9,16H,10-11H2,1-5H3. The number of hydrogen-bond donors (Lipinski definition) is 0. The van der Waals surface area contributed by atoms with E-state index in [1.54, 1.807) is 0 Å². The minimum Gasteiger partial charge on any atom is -0.491 e. The minimum absolute atomic E-state index is 0.0664. The number of rotatable bonds is 5. The van der Waals surface area contributed by atoms with Crippen molar-refractivity contribution < 1.29 is 9.47 Å². The zero-order chi connectivity index (χ0) is 14.0. The molecule has 0 aliphatic carbocycles. The molecule has 0 amide bonds. The van der Waals surface area contributed by atoms with Gasteiger partial charge in [-0.05, 0) is 38.5 Å². The van der Waals surface area contributed by atoms with Gasteiger partial charge >= 0.3 is 0 Å². The molecule has 19 heavy (non-hydrogen) atoms. The van der Waals surface area contributed by atoms with Crippen molar-refractivity contribution >= 4 is 0 Å². The van der Waals surface area contributed by atoms with Crippen LogP contribution in [0.1, 0.15) is 40.2 Å². The van der Waals surface area contributed by atoms with Crippen LogP contribution in [0.15, 0.2) is 35.4 Å². The Kier molecular flexibility index (Phi) is 4.00. The number of ether oxygens (including phenoxy) is 2. The summed E-state index contributed by atoms with van der Waals surface area (Å²) in [7, 11) is 0. The van der Waals surface area contributed by atoms with Gasteiger partial charge in [-0.25, -0.2) is 0 Å². The summed E-state index contributed by atoms with van der Waals surface area (Å²) in [6.07, 6.45) is 0.309. The third-order valence-electron chi connectivity index (χ3n) is 4.10. The molecule has 1 atom stereocenters. The van der Waals surface area contributed by atoms with Gasteiger partial charge in [0, 0.05) is 5.41 Å². The van der Waals surface area contributed by atoms with Gasteiger partial charge in [0.25, 0.3) is 0 Å². The molecule has 0 bridgehead atoms. The van der Waals surface area contributed by atoms with E-state index in [1.807, 2.05) is 0 Å². The largest absolute Gasteiger partial charge is 0.491 e. The Bertz CT molecular complexity index is 461. The zero-order valence-electron chi connectivity index (χ0n) is 12.6. The van der Waals surface area contributed by atoms with Gasteiger partial charge in [-0.15, -0.1) is 0 Å². The van der Waals surface area contributed by atoms with Crippen LogP contribution in [0.2, 0.25) is 0 Å². The van der Waals surface area contributed by atoms with Crippen molar-refractivity contribution in [3.8, 4) is 5.75 Å². The number of benzene rings is 1. The summed E-state index contributed by atoms with van der Waals surface area (Å²) >= 11 is 0. The second kappa shape index (κ2) is 5.38. The molecule has 0 N–H and O–H groups in total. The van der Waals surface area contributed by atoms with E-state index in [1.165, 1.54) is 16.7 Å². The fourth-order valence-electron chi connectivity index (χ4n) is 2.16. The molecule has 1 aliphatic rings. The monoisotopic (exact) mass is 260 g/mol. The first kappa shape index (κ1) is 14.1. The molecule has 0 saturated carbocycles. The average Bonchev–Trinajstić information content (AvgIpc) is 3.19. The molecule has 1 aliphatic heterocycles. The molecule has 0 radical (unpaired) electrons. The molecule has 0 aromatic heterocycles. The van der Waals surface area contributed by atoms with Crippen molar-refractivity contribution in [1.82, 2.24) is 0 Å². The van der Waals surface area contributed by atoms with E-state index < -0.39 is 0 Å². The van der Waals surface area contributed by atoms with Crippen molar-refractivity contribution in [3.63, 3.8) is 0 Å². The second-order valence-corrected chi connectivity index (χ2v) is 6.04. The molecule has 2 nitrogen and oxygen atoms in total. The molecule has 1 aromatic carbocycles. The topological polar surface area (TPSA) is 21.8 Å². The maximum atomic E-state index is 5.67. The Balaban J connectivity index is 2.10. The van der Waals surface area contributed by atoms with Crippen molar-refractivity contribution in [2.24, 2.45) is 0 Å². The van der Waals surface area contributed by atoms with E-state index >= 15 is 0 Å². The first-order valence-corrected chi connectivity index (χ1v) is 6.91. The fourth-order valence-corrected chi connectivity index (χ4v) is 2.16. The average molecular weight is 260 g/mol. The SMILES string of the molecule is CC(C)=C(C)C(C)(C)c1ccc(OCC2CO2)cc1. The Morgan fingerprint density at radius 2 is 1.79 bits per heavy atom. The molecule has 1 saturated heterocycles. The van der Waals surface area contributed by atoms with E-state index in [-0.39, 0.29) is 5.41 Å². The zero-order valence-corrected chi connectivity index (χ0v) is 12.6. The molecule has 2 rings (SSSR count). The molecular formula is C17H24O2. The van der Waals surface area contributed by atoms with Crippen LogP contribution in [0.3, 0.4) is 0 Å². The lowest BCUT2D eigenvalue weighted by atomic mass is 9.77. The van der Waals surface area contributed by atoms with Crippen LogP contribution >= 0.6 is 0 Å². The summed E-state index contributed by atoms with van der Waals surface area (Å²) in [5.41, 5.74) is 4.20. The predicted molar refractivity (Wildman–Crippen MR) is 78.8 cm³/mol. The van der Waals surface area contributed by atoms with Crippen LogP contribution in [-0.2, 0) is 10.2 Å². The number of hydrogen-bond acceptors (Lipinski definition) is 2. The van der Waals surface area contributed by atoms with Crippen molar-refractivity contribution in [2.45, 2.75) is 46.1 Å². The first-order chi connectivity index (χ1) is 8.91. The Hall–Kier alpha value is -1.28. The quantitative estimate of drug-likeness (QED) is 0.587. The van der Waals surface area contributed by atoms with E-state index in [2.05, 4.69) is 58.9 Å². The van der Waals surface area contributed by atoms with Crippen LogP contribution in [0.4, 0.5) is 0 Å². The van der Waals surface area contributed by atoms with Crippen LogP contribution in [0.5, 0.6) is 5.75 Å². The van der Waals surface area contributed by atoms with E-state index in [9.17, 15) is 0 Å². The minimum atomic E-state index is 0.0664. The Morgan fingerprint density at radius 1 is 1.21 bits per heavy atom. The Labute approximate surface area is 116 Å². The van der Waals surface area contributed by atoms with Gasteiger partial charge in [-0.1, -0.05) is 37.1 Å². The van der Waals surface area contributed by atoms with Crippen molar-refractivity contribution in [1.29, 1.82) is 0 Å². The number of epoxide rings is 1. The van der Waals surface area contributed by atoms with Gasteiger partial charge < -0.3 is 9.47 Å². The maximum Gasteiger partial charge on any atom is 0.119 e. The number of allylic oxidation sites excluding steroid dienone is 2. The van der Waals surface area contributed by atoms with Gasteiger partial charge in [0.1, 0.15) is 18.5 Å². The fraction of sp³-hybridized carbons (Fsp3) is 0.529. The third-order valence-corrected chi connectivity index (χ3v) is 4.10. The van der Waals surface area contributed by atoms with E-state index in [0.29, 0.717) is 12.7 Å². The summed E-state index contributed by atoms with van der Waals surface area (Å²) in [6, 6.07) is 8.43. The first-order valence-electron chi connectivity index (χ1n) is 6.91. The highest BCUT2D eigenvalue weighted by Gasteiger charge is 2.24. The van der Waals surface area contributed by atoms with Crippen LogP contribution in [-0.4, -0.2) is 19.3 Å². The van der Waals surface area contributed by atoms with E-state index in [4.69, 9.17) is 9.47 Å². The predicted octanol–water partition coefficient (Wildman–Crippen LogP) is 4.10. The lowest BCUT2D eigenvalue weighted by molar-refractivity contribution is 0.263. The van der Waals surface area contributed by atoms with Crippen LogP contribution in [0, 0.1) is 0 Å². The summed E-state index contributed by atoms with van der Waals surface area (Å²) < 4.78 is 10.8. The van der Waals surface area contributed by atoms with Gasteiger partial charge in [0.15, 0.2) is 0 Å². The van der Waals surface area contributed by atoms with Crippen LogP contribution in [0.25, 0.3) is 0 Å². The molecule has 1 unspecified atom stereocenters. The van der Waals surface area contributed by atoms with E-state index in [0.717, 1.165) is 12.4 Å². The smallest absolute Gasteiger partial charge is 0.119 e. The molecule has 1 heterocycles. The van der Waals surface area contributed by atoms with Gasteiger partial charge in [-0.3, -0.25) is 0 Å². The normalized spacial score (nSPS) is 18.1. The molecule has 0 spiro atoms. The molecule has 1 fully saturated rings. The molecule has 1 aromatic rings. The Morgan fingerprint density at radius 3 is 2.26 bits per heavy atom. The lowest BCUT2D eigenvalue weighted by Crippen LogP contribution is -2.19. The highest BCUT2D eigenvalue weighted by molar-refractivity contribution is 5.38. The second-order valence-electron chi connectivity index (χ2n) is 6.04. The lowest BCUT2D eigenvalue weighted by Gasteiger charge is -2.28. The highest BCUT2D eigenvalue weighted by Crippen LogP contribution is 2.33. The highest BCUT2D eigenvalue weighted by atomic mass is 16.6. The molecule has 104 valence electrons. The van der Waals surface area contributed by atoms with Gasteiger partial charge in [0.2, 0.25) is 0 Å². The third kappa shape index (κ3) is 3.38. The van der Waals surface area contributed by atoms with Gasteiger partial charge in [0.05, 0.1) is 6.61 Å². The summed E-state index contributed by atoms with van der Waals surface area (Å²) in [6.45, 7) is 12.6. The van der Waals surface area contributed by atoms with Gasteiger partial charge in [-0.2, -0.15) is 0 Å². The van der Waals surface area contributed by atoms with Crippen molar-refractivity contribution in [2.75, 3.05) is 13.2 Å². The summed E-state index contributed by atoms with van der Waals surface area (Å²) in [5.74, 6) is 0.921. The molecule has 2 heteroatoms. The molecular weight excluding hydrogens is 236 g/mol.